The van der Waals surface area contributed by atoms with Crippen LogP contribution < -0.4 is 10.6 Å². The zero-order valence-electron chi connectivity index (χ0n) is 10.6. The maximum Gasteiger partial charge on any atom is 0.216 e. The molecule has 1 aromatic carbocycles. The normalized spacial score (nSPS) is 12.2. The van der Waals surface area contributed by atoms with Crippen molar-refractivity contribution in [3.8, 4) is 5.75 Å². The largest absolute Gasteiger partial charge is 0.508 e. The molecule has 0 fully saturated rings. The number of hydrogen-bond acceptors (Lipinski definition) is 3. The average Bonchev–Trinajstić information content (AvgIpc) is 2.27. The lowest BCUT2D eigenvalue weighted by Crippen LogP contribution is -2.31. The molecule has 4 nitrogen and oxygen atoms in total. The Labute approximate surface area is 102 Å². The fourth-order valence-electron chi connectivity index (χ4n) is 1.66. The molecule has 0 saturated carbocycles. The Morgan fingerprint density at radius 3 is 2.76 bits per heavy atom. The number of nitrogens with one attached hydrogen (secondary N) is 2. The van der Waals surface area contributed by atoms with Gasteiger partial charge in [-0.3, -0.25) is 4.79 Å². The number of hydrogen-bond donors (Lipinski definition) is 3. The first-order valence-corrected chi connectivity index (χ1v) is 5.78. The van der Waals surface area contributed by atoms with Crippen LogP contribution in [0.4, 0.5) is 0 Å². The van der Waals surface area contributed by atoms with Crippen LogP contribution in [0.15, 0.2) is 18.2 Å². The third-order valence-electron chi connectivity index (χ3n) is 2.60. The Hall–Kier alpha value is -1.55. The van der Waals surface area contributed by atoms with Crippen LogP contribution in [-0.4, -0.2) is 24.1 Å². The SMILES string of the molecule is CC(=O)NCCNC(C)c1cc(C)ccc1O. The zero-order valence-corrected chi connectivity index (χ0v) is 10.6. The van der Waals surface area contributed by atoms with Gasteiger partial charge in [-0.15, -0.1) is 0 Å². The van der Waals surface area contributed by atoms with Crippen molar-refractivity contribution in [2.45, 2.75) is 26.8 Å². The summed E-state index contributed by atoms with van der Waals surface area (Å²) >= 11 is 0. The maximum atomic E-state index is 10.7. The molecule has 1 unspecified atom stereocenters. The highest BCUT2D eigenvalue weighted by molar-refractivity contribution is 5.72. The van der Waals surface area contributed by atoms with Gasteiger partial charge in [0.2, 0.25) is 5.91 Å². The molecule has 0 radical (unpaired) electrons. The van der Waals surface area contributed by atoms with Crippen molar-refractivity contribution < 1.29 is 9.90 Å². The fourth-order valence-corrected chi connectivity index (χ4v) is 1.66. The standard InChI is InChI=1S/C13H20N2O2/c1-9-4-5-13(17)12(8-9)10(2)14-6-7-15-11(3)16/h4-5,8,10,14,17H,6-7H2,1-3H3,(H,15,16). The Morgan fingerprint density at radius 1 is 1.41 bits per heavy atom. The Morgan fingerprint density at radius 2 is 2.12 bits per heavy atom. The number of benzene rings is 1. The van der Waals surface area contributed by atoms with Gasteiger partial charge in [0, 0.05) is 31.6 Å². The summed E-state index contributed by atoms with van der Waals surface area (Å²) in [5.74, 6) is 0.271. The van der Waals surface area contributed by atoms with Crippen LogP contribution in [0.25, 0.3) is 0 Å². The first-order chi connectivity index (χ1) is 8.00. The summed E-state index contributed by atoms with van der Waals surface area (Å²) in [5, 5.41) is 15.7. The molecule has 0 aliphatic rings. The number of rotatable bonds is 5. The number of amides is 1. The highest BCUT2D eigenvalue weighted by Crippen LogP contribution is 2.24. The third-order valence-corrected chi connectivity index (χ3v) is 2.60. The van der Waals surface area contributed by atoms with Crippen molar-refractivity contribution in [1.82, 2.24) is 10.6 Å². The first kappa shape index (κ1) is 13.5. The second-order valence-electron chi connectivity index (χ2n) is 4.22. The summed E-state index contributed by atoms with van der Waals surface area (Å²) in [5.41, 5.74) is 2.00. The van der Waals surface area contributed by atoms with Gasteiger partial charge in [0.25, 0.3) is 0 Å². The molecule has 1 rings (SSSR count). The molecule has 0 spiro atoms. The van der Waals surface area contributed by atoms with Crippen LogP contribution >= 0.6 is 0 Å². The molecule has 1 amide bonds. The van der Waals surface area contributed by atoms with E-state index >= 15 is 0 Å². The third kappa shape index (κ3) is 4.44. The number of phenolic OH excluding ortho intramolecular Hbond substituents is 1. The zero-order chi connectivity index (χ0) is 12.8. The van der Waals surface area contributed by atoms with E-state index in [1.807, 2.05) is 26.0 Å². The molecule has 94 valence electrons. The first-order valence-electron chi connectivity index (χ1n) is 5.78. The molecule has 0 heterocycles. The lowest BCUT2D eigenvalue weighted by molar-refractivity contribution is -0.118. The Balaban J connectivity index is 2.49. The van der Waals surface area contributed by atoms with Gasteiger partial charge in [-0.2, -0.15) is 0 Å². The second kappa shape index (κ2) is 6.25. The molecule has 4 heteroatoms. The molecule has 3 N–H and O–H groups in total. The molecular formula is C13H20N2O2. The molecule has 0 bridgehead atoms. The van der Waals surface area contributed by atoms with E-state index in [0.29, 0.717) is 18.8 Å². The highest BCUT2D eigenvalue weighted by atomic mass is 16.3. The molecule has 0 aromatic heterocycles. The summed E-state index contributed by atoms with van der Waals surface area (Å²) in [6.45, 7) is 6.74. The molecule has 1 atom stereocenters. The van der Waals surface area contributed by atoms with Crippen LogP contribution in [0.1, 0.15) is 31.0 Å². The minimum atomic E-state index is -0.0298. The van der Waals surface area contributed by atoms with Gasteiger partial charge in [-0.1, -0.05) is 17.7 Å². The second-order valence-corrected chi connectivity index (χ2v) is 4.22. The predicted octanol–water partition coefficient (Wildman–Crippen LogP) is 1.49. The van der Waals surface area contributed by atoms with E-state index in [1.54, 1.807) is 6.07 Å². The van der Waals surface area contributed by atoms with Crippen LogP contribution in [-0.2, 0) is 4.79 Å². The van der Waals surface area contributed by atoms with Crippen molar-refractivity contribution in [3.63, 3.8) is 0 Å². The lowest BCUT2D eigenvalue weighted by Gasteiger charge is -2.16. The monoisotopic (exact) mass is 236 g/mol. The topological polar surface area (TPSA) is 61.4 Å². The molecule has 0 aliphatic carbocycles. The smallest absolute Gasteiger partial charge is 0.216 e. The van der Waals surface area contributed by atoms with Crippen LogP contribution in [0.3, 0.4) is 0 Å². The van der Waals surface area contributed by atoms with E-state index in [4.69, 9.17) is 0 Å². The minimum Gasteiger partial charge on any atom is -0.508 e. The molecule has 17 heavy (non-hydrogen) atoms. The van der Waals surface area contributed by atoms with E-state index in [1.165, 1.54) is 6.92 Å². The minimum absolute atomic E-state index is 0.0298. The van der Waals surface area contributed by atoms with E-state index in [2.05, 4.69) is 10.6 Å². The summed E-state index contributed by atoms with van der Waals surface area (Å²) < 4.78 is 0. The van der Waals surface area contributed by atoms with Gasteiger partial charge in [0.05, 0.1) is 0 Å². The Kier molecular flexibility index (Phi) is 4.97. The summed E-state index contributed by atoms with van der Waals surface area (Å²) in [7, 11) is 0. The molecular weight excluding hydrogens is 216 g/mol. The fraction of sp³-hybridized carbons (Fsp3) is 0.462. The van der Waals surface area contributed by atoms with E-state index in [0.717, 1.165) is 11.1 Å². The molecule has 1 aromatic rings. The highest BCUT2D eigenvalue weighted by Gasteiger charge is 2.09. The van der Waals surface area contributed by atoms with Crippen molar-refractivity contribution >= 4 is 5.91 Å². The quantitative estimate of drug-likeness (QED) is 0.679. The van der Waals surface area contributed by atoms with Crippen molar-refractivity contribution in [2.24, 2.45) is 0 Å². The number of phenols is 1. The Bertz CT molecular complexity index is 391. The van der Waals surface area contributed by atoms with Gasteiger partial charge < -0.3 is 15.7 Å². The average molecular weight is 236 g/mol. The van der Waals surface area contributed by atoms with Gasteiger partial charge in [-0.25, -0.2) is 0 Å². The van der Waals surface area contributed by atoms with Gasteiger partial charge >= 0.3 is 0 Å². The van der Waals surface area contributed by atoms with Gasteiger partial charge in [0.1, 0.15) is 5.75 Å². The number of aromatic hydroxyl groups is 1. The number of carbonyl (C=O) groups excluding carboxylic acids is 1. The number of carbonyl (C=O) groups is 1. The lowest BCUT2D eigenvalue weighted by atomic mass is 10.0. The van der Waals surface area contributed by atoms with Crippen molar-refractivity contribution in [1.29, 1.82) is 0 Å². The van der Waals surface area contributed by atoms with Crippen molar-refractivity contribution in [2.75, 3.05) is 13.1 Å². The van der Waals surface area contributed by atoms with Gasteiger partial charge in [0.15, 0.2) is 0 Å². The van der Waals surface area contributed by atoms with E-state index in [-0.39, 0.29) is 11.9 Å². The van der Waals surface area contributed by atoms with Crippen LogP contribution in [0.2, 0.25) is 0 Å². The maximum absolute atomic E-state index is 10.7. The van der Waals surface area contributed by atoms with Gasteiger partial charge in [-0.05, 0) is 19.9 Å². The van der Waals surface area contributed by atoms with Crippen LogP contribution in [0, 0.1) is 6.92 Å². The summed E-state index contributed by atoms with van der Waals surface area (Å²) in [4.78, 5) is 10.7. The van der Waals surface area contributed by atoms with Crippen molar-refractivity contribution in [3.05, 3.63) is 29.3 Å². The summed E-state index contributed by atoms with van der Waals surface area (Å²) in [6, 6.07) is 5.61. The van der Waals surface area contributed by atoms with E-state index in [9.17, 15) is 9.90 Å². The van der Waals surface area contributed by atoms with Crippen LogP contribution in [0.5, 0.6) is 5.75 Å². The predicted molar refractivity (Wildman–Crippen MR) is 67.9 cm³/mol. The summed E-state index contributed by atoms with van der Waals surface area (Å²) in [6.07, 6.45) is 0. The number of aryl methyl sites for hydroxylation is 1. The van der Waals surface area contributed by atoms with E-state index < -0.39 is 0 Å². The molecule has 0 saturated heterocycles. The molecule has 0 aliphatic heterocycles.